The van der Waals surface area contributed by atoms with E-state index in [1.165, 1.54) is 68.3 Å². The topological polar surface area (TPSA) is 30.7 Å². The van der Waals surface area contributed by atoms with Crippen LogP contribution in [-0.4, -0.2) is 22.6 Å². The molecule has 0 fully saturated rings. The van der Waals surface area contributed by atoms with E-state index in [1.54, 1.807) is 0 Å². The number of thiophene rings is 1. The van der Waals surface area contributed by atoms with Gasteiger partial charge >= 0.3 is 0 Å². The summed E-state index contributed by atoms with van der Waals surface area (Å²) in [6, 6.07) is 73.1. The number of benzene rings is 8. The zero-order chi connectivity index (χ0) is 37.5. The van der Waals surface area contributed by atoms with Gasteiger partial charge in [-0.3, -0.25) is 0 Å². The number of nitrogens with zero attached hydrogens (tertiary/aromatic N) is 3. The monoisotopic (exact) mass is 759 g/mol. The average Bonchev–Trinajstić information content (AvgIpc) is 3.93. The van der Waals surface area contributed by atoms with Crippen molar-refractivity contribution in [1.29, 1.82) is 0 Å². The number of aromatic nitrogens is 3. The molecular formula is C52H33N3SSi. The Morgan fingerprint density at radius 3 is 1.77 bits per heavy atom. The standard InChI is InChI=1S/C52H33N3SSi/c1-5-17-34(18-6-1)48-51-49(54-52(53-48)35-19-7-2-8-20-35)42-30-29-36(33-46(42)57(51,37-21-9-3-10-22-37)38-23-11-4-12-24-38)55-43-27-15-13-26-41(43)47-44(55)32-31-40-39-25-14-16-28-45(39)56-50(40)47/h1-33H. The van der Waals surface area contributed by atoms with Crippen LogP contribution in [0, 0.1) is 0 Å². The first-order chi connectivity index (χ1) is 28.3. The van der Waals surface area contributed by atoms with Crippen LogP contribution < -0.4 is 20.7 Å². The maximum atomic E-state index is 5.56. The second-order valence-electron chi connectivity index (χ2n) is 14.9. The fourth-order valence-corrected chi connectivity index (χ4v) is 16.0. The van der Waals surface area contributed by atoms with Gasteiger partial charge in [-0.2, -0.15) is 0 Å². The molecule has 0 amide bonds. The first kappa shape index (κ1) is 32.3. The van der Waals surface area contributed by atoms with E-state index in [1.807, 2.05) is 11.3 Å². The normalized spacial score (nSPS) is 13.1. The van der Waals surface area contributed by atoms with Crippen molar-refractivity contribution in [2.24, 2.45) is 0 Å². The molecule has 57 heavy (non-hydrogen) atoms. The summed E-state index contributed by atoms with van der Waals surface area (Å²) < 4.78 is 5.15. The Labute approximate surface area is 334 Å². The van der Waals surface area contributed by atoms with Crippen LogP contribution in [0.3, 0.4) is 0 Å². The van der Waals surface area contributed by atoms with Gasteiger partial charge < -0.3 is 4.57 Å². The molecule has 5 heteroatoms. The maximum absolute atomic E-state index is 5.56. The van der Waals surface area contributed by atoms with Crippen molar-refractivity contribution in [1.82, 2.24) is 14.5 Å². The van der Waals surface area contributed by atoms with Gasteiger partial charge in [0.15, 0.2) is 13.9 Å². The molecule has 8 aromatic carbocycles. The SMILES string of the molecule is c1ccc(-c2nc(-c3ccccc3)c3c(n2)-c2ccc(-n4c5ccccc5c5c6sc7ccccc7c6ccc54)cc2[Si]3(c2ccccc2)c2ccccc2)cc1. The molecule has 0 N–H and O–H groups in total. The molecular weight excluding hydrogens is 727 g/mol. The second-order valence-corrected chi connectivity index (χ2v) is 19.6. The fourth-order valence-electron chi connectivity index (χ4n) is 9.51. The highest BCUT2D eigenvalue weighted by molar-refractivity contribution is 7.26. The molecule has 3 nitrogen and oxygen atoms in total. The van der Waals surface area contributed by atoms with E-state index in [0.29, 0.717) is 0 Å². The van der Waals surface area contributed by atoms with Crippen molar-refractivity contribution >= 4 is 82.1 Å². The van der Waals surface area contributed by atoms with Crippen LogP contribution in [0.2, 0.25) is 0 Å². The van der Waals surface area contributed by atoms with Crippen LogP contribution >= 0.6 is 11.3 Å². The van der Waals surface area contributed by atoms with Crippen molar-refractivity contribution < 1.29 is 0 Å². The lowest BCUT2D eigenvalue weighted by molar-refractivity contribution is 1.18. The van der Waals surface area contributed by atoms with Crippen LogP contribution in [0.1, 0.15) is 0 Å². The average molecular weight is 760 g/mol. The predicted octanol–water partition coefficient (Wildman–Crippen LogP) is 10.6. The lowest BCUT2D eigenvalue weighted by atomic mass is 10.1. The first-order valence-electron chi connectivity index (χ1n) is 19.4. The molecule has 1 aliphatic rings. The van der Waals surface area contributed by atoms with Crippen LogP contribution in [0.15, 0.2) is 200 Å². The van der Waals surface area contributed by atoms with Gasteiger partial charge in [0.2, 0.25) is 0 Å². The molecule has 0 atom stereocenters. The molecule has 4 heterocycles. The molecule has 0 unspecified atom stereocenters. The first-order valence-corrected chi connectivity index (χ1v) is 22.2. The van der Waals surface area contributed by atoms with Crippen molar-refractivity contribution in [3.05, 3.63) is 200 Å². The minimum Gasteiger partial charge on any atom is -0.309 e. The molecule has 0 spiro atoms. The predicted molar refractivity (Wildman–Crippen MR) is 243 cm³/mol. The Morgan fingerprint density at radius 2 is 1.05 bits per heavy atom. The van der Waals surface area contributed by atoms with Crippen molar-refractivity contribution in [2.75, 3.05) is 0 Å². The number of fused-ring (bicyclic) bond motifs is 10. The largest absolute Gasteiger partial charge is 0.309 e. The molecule has 266 valence electrons. The van der Waals surface area contributed by atoms with E-state index in [9.17, 15) is 0 Å². The Kier molecular flexibility index (Phi) is 7.12. The van der Waals surface area contributed by atoms with Gasteiger partial charge in [0, 0.05) is 58.5 Å². The summed E-state index contributed by atoms with van der Waals surface area (Å²) in [6.07, 6.45) is 0. The van der Waals surface area contributed by atoms with E-state index in [2.05, 4.69) is 205 Å². The number of para-hydroxylation sites is 1. The summed E-state index contributed by atoms with van der Waals surface area (Å²) in [4.78, 5) is 11.1. The minimum absolute atomic E-state index is 0.740. The van der Waals surface area contributed by atoms with Crippen LogP contribution in [0.5, 0.6) is 0 Å². The number of hydrogen-bond donors (Lipinski definition) is 0. The maximum Gasteiger partial charge on any atom is 0.185 e. The third-order valence-corrected chi connectivity index (χ3v) is 17.9. The van der Waals surface area contributed by atoms with E-state index in [0.717, 1.165) is 34.0 Å². The number of hydrogen-bond acceptors (Lipinski definition) is 3. The zero-order valence-electron chi connectivity index (χ0n) is 30.8. The van der Waals surface area contributed by atoms with Gasteiger partial charge in [0.05, 0.1) is 22.4 Å². The molecule has 0 saturated carbocycles. The van der Waals surface area contributed by atoms with Crippen molar-refractivity contribution in [2.45, 2.75) is 0 Å². The smallest absolute Gasteiger partial charge is 0.185 e. The molecule has 11 aromatic rings. The minimum atomic E-state index is -3.06. The van der Waals surface area contributed by atoms with E-state index in [4.69, 9.17) is 9.97 Å². The number of rotatable bonds is 5. The summed E-state index contributed by atoms with van der Waals surface area (Å²) in [5.41, 5.74) is 8.88. The van der Waals surface area contributed by atoms with Gasteiger partial charge in [-0.05, 0) is 45.9 Å². The summed E-state index contributed by atoms with van der Waals surface area (Å²) in [5, 5.41) is 10.4. The Bertz CT molecular complexity index is 3300. The van der Waals surface area contributed by atoms with Crippen molar-refractivity contribution in [3.8, 4) is 39.6 Å². The van der Waals surface area contributed by atoms with Crippen molar-refractivity contribution in [3.63, 3.8) is 0 Å². The highest BCUT2D eigenvalue weighted by atomic mass is 32.1. The van der Waals surface area contributed by atoms with E-state index in [-0.39, 0.29) is 0 Å². The molecule has 1 aliphatic heterocycles. The Hall–Kier alpha value is -6.92. The summed E-state index contributed by atoms with van der Waals surface area (Å²) in [6.45, 7) is 0. The van der Waals surface area contributed by atoms with Gasteiger partial charge in [-0.1, -0.05) is 170 Å². The third-order valence-electron chi connectivity index (χ3n) is 11.9. The molecule has 0 bridgehead atoms. The Morgan fingerprint density at radius 1 is 0.456 bits per heavy atom. The Balaban J connectivity index is 1.22. The van der Waals surface area contributed by atoms with Gasteiger partial charge in [0.1, 0.15) is 0 Å². The molecule has 0 aliphatic carbocycles. The quantitative estimate of drug-likeness (QED) is 0.164. The van der Waals surface area contributed by atoms with Gasteiger partial charge in [-0.15, -0.1) is 11.3 Å². The van der Waals surface area contributed by atoms with E-state index >= 15 is 0 Å². The highest BCUT2D eigenvalue weighted by Crippen LogP contribution is 2.44. The van der Waals surface area contributed by atoms with Crippen LogP contribution in [-0.2, 0) is 0 Å². The van der Waals surface area contributed by atoms with Gasteiger partial charge in [0.25, 0.3) is 0 Å². The second kappa shape index (κ2) is 12.5. The lowest BCUT2D eigenvalue weighted by Gasteiger charge is -2.32. The summed E-state index contributed by atoms with van der Waals surface area (Å²) in [7, 11) is -3.06. The van der Waals surface area contributed by atoms with Gasteiger partial charge in [-0.25, -0.2) is 9.97 Å². The highest BCUT2D eigenvalue weighted by Gasteiger charge is 2.52. The van der Waals surface area contributed by atoms with Crippen LogP contribution in [0.25, 0.3) is 81.6 Å². The summed E-state index contributed by atoms with van der Waals surface area (Å²) >= 11 is 1.90. The summed E-state index contributed by atoms with van der Waals surface area (Å²) in [5.74, 6) is 0.740. The molecule has 3 aromatic heterocycles. The van der Waals surface area contributed by atoms with Crippen LogP contribution in [0.4, 0.5) is 0 Å². The molecule has 0 radical (unpaired) electrons. The lowest BCUT2D eigenvalue weighted by Crippen LogP contribution is -2.73. The fraction of sp³-hybridized carbons (Fsp3) is 0. The zero-order valence-corrected chi connectivity index (χ0v) is 32.6. The molecule has 12 rings (SSSR count). The third kappa shape index (κ3) is 4.64. The molecule has 0 saturated heterocycles. The van der Waals surface area contributed by atoms with E-state index < -0.39 is 8.07 Å².